The van der Waals surface area contributed by atoms with Crippen LogP contribution in [0.15, 0.2) is 35.6 Å². The summed E-state index contributed by atoms with van der Waals surface area (Å²) < 4.78 is 14.7. The van der Waals surface area contributed by atoms with Gasteiger partial charge in [-0.1, -0.05) is 31.5 Å². The number of nitrogens with zero attached hydrogens (tertiary/aromatic N) is 5. The summed E-state index contributed by atoms with van der Waals surface area (Å²) in [6, 6.07) is 5.54. The van der Waals surface area contributed by atoms with Gasteiger partial charge in [-0.2, -0.15) is 0 Å². The molecule has 3 heterocycles. The molecule has 4 rings (SSSR count). The molecular formula is C21H26FN5. The lowest BCUT2D eigenvalue weighted by molar-refractivity contribution is 0.141. The van der Waals surface area contributed by atoms with Crippen molar-refractivity contribution < 1.29 is 4.39 Å². The molecule has 0 bridgehead atoms. The topological polar surface area (TPSA) is 44.6 Å². The maximum absolute atomic E-state index is 14.7. The third kappa shape index (κ3) is 3.86. The predicted molar refractivity (Wildman–Crippen MR) is 107 cm³/mol. The lowest BCUT2D eigenvalue weighted by Crippen LogP contribution is -2.50. The standard InChI is InChI=1S/C21H26FN5/c1-3-5-16-6-4-7-19(20(16)22)17-9-24-21(25-10-17)27-13-18(14-27)23-8-15-11-26(2)12-15/h4,6-7,9-10,15H,3,5,8,11-14H2,1-2H3. The first kappa shape index (κ1) is 18.0. The largest absolute Gasteiger partial charge is 0.330 e. The SMILES string of the molecule is CCCc1cccc(-c2cnc(N3CC(=NCC4CN(C)C4)C3)nc2)c1F. The van der Waals surface area contributed by atoms with Gasteiger partial charge in [-0.3, -0.25) is 4.99 Å². The van der Waals surface area contributed by atoms with Gasteiger partial charge in [-0.15, -0.1) is 0 Å². The van der Waals surface area contributed by atoms with Gasteiger partial charge in [0, 0.05) is 49.1 Å². The molecule has 2 aliphatic rings. The van der Waals surface area contributed by atoms with E-state index >= 15 is 0 Å². The maximum atomic E-state index is 14.7. The number of halogens is 1. The zero-order valence-electron chi connectivity index (χ0n) is 16.0. The van der Waals surface area contributed by atoms with Crippen LogP contribution in [-0.4, -0.2) is 60.4 Å². The molecule has 1 aromatic carbocycles. The third-order valence-corrected chi connectivity index (χ3v) is 5.29. The molecule has 0 spiro atoms. The van der Waals surface area contributed by atoms with Crippen molar-refractivity contribution in [1.82, 2.24) is 14.9 Å². The van der Waals surface area contributed by atoms with Crippen molar-refractivity contribution in [2.45, 2.75) is 19.8 Å². The van der Waals surface area contributed by atoms with E-state index < -0.39 is 0 Å². The molecule has 142 valence electrons. The van der Waals surface area contributed by atoms with Crippen molar-refractivity contribution in [3.63, 3.8) is 0 Å². The molecule has 2 fully saturated rings. The van der Waals surface area contributed by atoms with Crippen molar-refractivity contribution in [3.8, 4) is 11.1 Å². The van der Waals surface area contributed by atoms with Gasteiger partial charge in [-0.05, 0) is 19.0 Å². The number of hydrogen-bond donors (Lipinski definition) is 0. The number of aliphatic imine (C=N–C) groups is 1. The molecule has 2 aliphatic heterocycles. The minimum Gasteiger partial charge on any atom is -0.330 e. The molecular weight excluding hydrogens is 341 g/mol. The van der Waals surface area contributed by atoms with Gasteiger partial charge in [0.1, 0.15) is 5.82 Å². The smallest absolute Gasteiger partial charge is 0.225 e. The highest BCUT2D eigenvalue weighted by atomic mass is 19.1. The van der Waals surface area contributed by atoms with Crippen LogP contribution in [0.5, 0.6) is 0 Å². The van der Waals surface area contributed by atoms with E-state index in [1.807, 2.05) is 12.1 Å². The minimum atomic E-state index is -0.157. The molecule has 0 saturated carbocycles. The van der Waals surface area contributed by atoms with Gasteiger partial charge in [0.2, 0.25) is 5.95 Å². The van der Waals surface area contributed by atoms with E-state index in [2.05, 4.69) is 33.7 Å². The lowest BCUT2D eigenvalue weighted by Gasteiger charge is -2.37. The fourth-order valence-corrected chi connectivity index (χ4v) is 3.73. The van der Waals surface area contributed by atoms with Gasteiger partial charge in [-0.25, -0.2) is 14.4 Å². The van der Waals surface area contributed by atoms with E-state index in [0.29, 0.717) is 17.4 Å². The summed E-state index contributed by atoms with van der Waals surface area (Å²) in [5, 5.41) is 0. The Morgan fingerprint density at radius 2 is 1.93 bits per heavy atom. The number of anilines is 1. The Morgan fingerprint density at radius 1 is 1.19 bits per heavy atom. The number of likely N-dealkylation sites (tertiary alicyclic amines) is 1. The molecule has 0 N–H and O–H groups in total. The number of benzene rings is 1. The first-order valence-corrected chi connectivity index (χ1v) is 9.69. The van der Waals surface area contributed by atoms with Gasteiger partial charge in [0.05, 0.1) is 18.8 Å². The molecule has 1 aromatic heterocycles. The summed E-state index contributed by atoms with van der Waals surface area (Å²) in [4.78, 5) is 18.0. The maximum Gasteiger partial charge on any atom is 0.225 e. The molecule has 0 radical (unpaired) electrons. The zero-order valence-corrected chi connectivity index (χ0v) is 16.0. The van der Waals surface area contributed by atoms with Crippen LogP contribution >= 0.6 is 0 Å². The normalized spacial score (nSPS) is 17.6. The van der Waals surface area contributed by atoms with Crippen LogP contribution < -0.4 is 4.90 Å². The van der Waals surface area contributed by atoms with Gasteiger partial charge >= 0.3 is 0 Å². The summed E-state index contributed by atoms with van der Waals surface area (Å²) in [5.41, 5.74) is 3.26. The summed E-state index contributed by atoms with van der Waals surface area (Å²) >= 11 is 0. The van der Waals surface area contributed by atoms with Crippen molar-refractivity contribution >= 4 is 11.7 Å². The fourth-order valence-electron chi connectivity index (χ4n) is 3.73. The van der Waals surface area contributed by atoms with Crippen LogP contribution in [0.4, 0.5) is 10.3 Å². The minimum absolute atomic E-state index is 0.157. The van der Waals surface area contributed by atoms with Gasteiger partial charge < -0.3 is 9.80 Å². The van der Waals surface area contributed by atoms with Crippen molar-refractivity contribution in [1.29, 1.82) is 0 Å². The molecule has 0 aliphatic carbocycles. The van der Waals surface area contributed by atoms with E-state index in [9.17, 15) is 4.39 Å². The summed E-state index contributed by atoms with van der Waals surface area (Å²) in [7, 11) is 2.14. The highest BCUT2D eigenvalue weighted by Crippen LogP contribution is 2.26. The first-order valence-electron chi connectivity index (χ1n) is 9.69. The second kappa shape index (κ2) is 7.72. The van der Waals surface area contributed by atoms with Crippen LogP contribution in [0.1, 0.15) is 18.9 Å². The number of aromatic nitrogens is 2. The predicted octanol–water partition coefficient (Wildman–Crippen LogP) is 3.06. The van der Waals surface area contributed by atoms with Crippen molar-refractivity contribution in [2.24, 2.45) is 10.9 Å². The van der Waals surface area contributed by atoms with Gasteiger partial charge in [0.15, 0.2) is 0 Å². The van der Waals surface area contributed by atoms with E-state index in [-0.39, 0.29) is 5.82 Å². The molecule has 0 unspecified atom stereocenters. The van der Waals surface area contributed by atoms with E-state index in [1.165, 1.54) is 5.71 Å². The van der Waals surface area contributed by atoms with Gasteiger partial charge in [0.25, 0.3) is 0 Å². The number of aryl methyl sites for hydroxylation is 1. The monoisotopic (exact) mass is 367 g/mol. The van der Waals surface area contributed by atoms with Crippen LogP contribution in [-0.2, 0) is 6.42 Å². The van der Waals surface area contributed by atoms with Crippen LogP contribution in [0.25, 0.3) is 11.1 Å². The quantitative estimate of drug-likeness (QED) is 0.787. The Kier molecular flexibility index (Phi) is 5.16. The highest BCUT2D eigenvalue weighted by molar-refractivity contribution is 5.99. The lowest BCUT2D eigenvalue weighted by atomic mass is 10.0. The molecule has 0 atom stereocenters. The summed E-state index contributed by atoms with van der Waals surface area (Å²) in [6.45, 7) is 6.88. The molecule has 0 amide bonds. The van der Waals surface area contributed by atoms with Crippen molar-refractivity contribution in [2.75, 3.05) is 44.7 Å². The summed E-state index contributed by atoms with van der Waals surface area (Å²) in [6.07, 6.45) is 5.10. The number of hydrogen-bond acceptors (Lipinski definition) is 5. The van der Waals surface area contributed by atoms with Crippen LogP contribution in [0.3, 0.4) is 0 Å². The van der Waals surface area contributed by atoms with E-state index in [4.69, 9.17) is 4.99 Å². The van der Waals surface area contributed by atoms with E-state index in [1.54, 1.807) is 18.5 Å². The third-order valence-electron chi connectivity index (χ3n) is 5.29. The molecule has 5 nitrogen and oxygen atoms in total. The van der Waals surface area contributed by atoms with Crippen LogP contribution in [0.2, 0.25) is 0 Å². The Balaban J connectivity index is 1.38. The molecule has 2 saturated heterocycles. The highest BCUT2D eigenvalue weighted by Gasteiger charge is 2.26. The number of rotatable bonds is 6. The second-order valence-corrected chi connectivity index (χ2v) is 7.65. The molecule has 6 heteroatoms. The Hall–Kier alpha value is -2.34. The fraction of sp³-hybridized carbons (Fsp3) is 0.476. The Bertz CT molecular complexity index is 819. The Labute approximate surface area is 160 Å². The van der Waals surface area contributed by atoms with E-state index in [0.717, 1.165) is 56.7 Å². The van der Waals surface area contributed by atoms with Crippen LogP contribution in [0, 0.1) is 11.7 Å². The van der Waals surface area contributed by atoms with Crippen molar-refractivity contribution in [3.05, 3.63) is 42.0 Å². The summed E-state index contributed by atoms with van der Waals surface area (Å²) in [5.74, 6) is 1.24. The zero-order chi connectivity index (χ0) is 18.8. The first-order chi connectivity index (χ1) is 13.1. The Morgan fingerprint density at radius 3 is 2.59 bits per heavy atom. The second-order valence-electron chi connectivity index (χ2n) is 7.65. The molecule has 2 aromatic rings. The average molecular weight is 367 g/mol. The molecule has 27 heavy (non-hydrogen) atoms. The average Bonchev–Trinajstić information content (AvgIpc) is 2.61.